The molecule has 0 bridgehead atoms. The van der Waals surface area contributed by atoms with Crippen molar-refractivity contribution in [2.75, 3.05) is 12.8 Å². The highest BCUT2D eigenvalue weighted by atomic mass is 16.5. The van der Waals surface area contributed by atoms with Crippen LogP contribution in [-0.2, 0) is 0 Å². The van der Waals surface area contributed by atoms with Crippen LogP contribution in [0.1, 0.15) is 27.0 Å². The Morgan fingerprint density at radius 2 is 1.84 bits per heavy atom. The largest absolute Gasteiger partial charge is 0.495 e. The van der Waals surface area contributed by atoms with Crippen LogP contribution < -0.4 is 10.5 Å². The Labute approximate surface area is 113 Å². The molecule has 2 rings (SSSR count). The normalized spacial score (nSPS) is 10.3. The highest BCUT2D eigenvalue weighted by Gasteiger charge is 2.13. The van der Waals surface area contributed by atoms with Gasteiger partial charge in [0, 0.05) is 11.1 Å². The summed E-state index contributed by atoms with van der Waals surface area (Å²) in [5.74, 6) is 0.559. The SMILES string of the molecule is COc1ccc(C(=O)c2ccc(C)cc2C)cc1N. The zero-order valence-electron chi connectivity index (χ0n) is 11.4. The van der Waals surface area contributed by atoms with E-state index in [0.29, 0.717) is 22.6 Å². The lowest BCUT2D eigenvalue weighted by molar-refractivity contribution is 0.103. The molecule has 0 saturated carbocycles. The molecule has 0 fully saturated rings. The summed E-state index contributed by atoms with van der Waals surface area (Å²) in [5.41, 5.74) is 9.69. The molecule has 0 atom stereocenters. The van der Waals surface area contributed by atoms with Crippen molar-refractivity contribution in [2.24, 2.45) is 0 Å². The van der Waals surface area contributed by atoms with Crippen LogP contribution in [0.15, 0.2) is 36.4 Å². The van der Waals surface area contributed by atoms with Crippen LogP contribution >= 0.6 is 0 Å². The summed E-state index contributed by atoms with van der Waals surface area (Å²) < 4.78 is 5.09. The third kappa shape index (κ3) is 2.60. The van der Waals surface area contributed by atoms with Crippen LogP contribution in [0.4, 0.5) is 5.69 Å². The molecule has 2 aromatic rings. The molecule has 0 radical (unpaired) electrons. The fraction of sp³-hybridized carbons (Fsp3) is 0.188. The Bertz CT molecular complexity index is 633. The Morgan fingerprint density at radius 1 is 1.11 bits per heavy atom. The number of hydrogen-bond donors (Lipinski definition) is 1. The highest BCUT2D eigenvalue weighted by molar-refractivity contribution is 6.10. The van der Waals surface area contributed by atoms with Gasteiger partial charge in [0.2, 0.25) is 0 Å². The van der Waals surface area contributed by atoms with E-state index >= 15 is 0 Å². The summed E-state index contributed by atoms with van der Waals surface area (Å²) >= 11 is 0. The first kappa shape index (κ1) is 13.1. The second kappa shape index (κ2) is 5.14. The molecule has 0 heterocycles. The zero-order valence-corrected chi connectivity index (χ0v) is 11.4. The molecule has 0 aliphatic carbocycles. The molecule has 3 nitrogen and oxygen atoms in total. The summed E-state index contributed by atoms with van der Waals surface area (Å²) in [7, 11) is 1.55. The van der Waals surface area contributed by atoms with Gasteiger partial charge in [0.15, 0.2) is 5.78 Å². The Kier molecular flexibility index (Phi) is 3.56. The fourth-order valence-corrected chi connectivity index (χ4v) is 2.10. The van der Waals surface area contributed by atoms with Crippen molar-refractivity contribution in [3.8, 4) is 5.75 Å². The number of nitrogen functional groups attached to an aromatic ring is 1. The van der Waals surface area contributed by atoms with E-state index in [2.05, 4.69) is 0 Å². The van der Waals surface area contributed by atoms with Crippen molar-refractivity contribution >= 4 is 11.5 Å². The van der Waals surface area contributed by atoms with Gasteiger partial charge in [0.25, 0.3) is 0 Å². The molecule has 0 unspecified atom stereocenters. The topological polar surface area (TPSA) is 52.3 Å². The number of ether oxygens (including phenoxy) is 1. The van der Waals surface area contributed by atoms with Crippen molar-refractivity contribution < 1.29 is 9.53 Å². The maximum atomic E-state index is 12.4. The van der Waals surface area contributed by atoms with Crippen molar-refractivity contribution in [1.29, 1.82) is 0 Å². The van der Waals surface area contributed by atoms with Gasteiger partial charge in [-0.1, -0.05) is 23.8 Å². The van der Waals surface area contributed by atoms with Crippen LogP contribution in [0.5, 0.6) is 5.75 Å². The van der Waals surface area contributed by atoms with E-state index in [0.717, 1.165) is 11.1 Å². The van der Waals surface area contributed by atoms with Gasteiger partial charge in [0.05, 0.1) is 12.8 Å². The monoisotopic (exact) mass is 255 g/mol. The summed E-state index contributed by atoms with van der Waals surface area (Å²) in [4.78, 5) is 12.4. The zero-order chi connectivity index (χ0) is 14.0. The lowest BCUT2D eigenvalue weighted by Crippen LogP contribution is -2.05. The second-order valence-corrected chi connectivity index (χ2v) is 4.60. The molecule has 3 heteroatoms. The molecule has 19 heavy (non-hydrogen) atoms. The molecule has 98 valence electrons. The van der Waals surface area contributed by atoms with Crippen molar-refractivity contribution in [2.45, 2.75) is 13.8 Å². The smallest absolute Gasteiger partial charge is 0.193 e. The number of benzene rings is 2. The van der Waals surface area contributed by atoms with Crippen LogP contribution in [0.2, 0.25) is 0 Å². The number of hydrogen-bond acceptors (Lipinski definition) is 3. The molecular weight excluding hydrogens is 238 g/mol. The van der Waals surface area contributed by atoms with E-state index in [1.54, 1.807) is 25.3 Å². The quantitative estimate of drug-likeness (QED) is 0.677. The third-order valence-electron chi connectivity index (χ3n) is 3.12. The maximum absolute atomic E-state index is 12.4. The van der Waals surface area contributed by atoms with Crippen LogP contribution in [-0.4, -0.2) is 12.9 Å². The van der Waals surface area contributed by atoms with Crippen molar-refractivity contribution in [3.05, 3.63) is 58.7 Å². The van der Waals surface area contributed by atoms with Gasteiger partial charge >= 0.3 is 0 Å². The molecule has 0 spiro atoms. The minimum atomic E-state index is -0.0214. The van der Waals surface area contributed by atoms with Gasteiger partial charge in [0.1, 0.15) is 5.75 Å². The van der Waals surface area contributed by atoms with Gasteiger partial charge in [-0.3, -0.25) is 4.79 Å². The van der Waals surface area contributed by atoms with Gasteiger partial charge in [-0.25, -0.2) is 0 Å². The van der Waals surface area contributed by atoms with Gasteiger partial charge in [-0.05, 0) is 37.6 Å². The molecular formula is C16H17NO2. The number of ketones is 1. The molecule has 2 aromatic carbocycles. The molecule has 2 N–H and O–H groups in total. The van der Waals surface area contributed by atoms with Gasteiger partial charge in [-0.2, -0.15) is 0 Å². The number of carbonyl (C=O) groups excluding carboxylic acids is 1. The lowest BCUT2D eigenvalue weighted by atomic mass is 9.97. The van der Waals surface area contributed by atoms with E-state index in [-0.39, 0.29) is 5.78 Å². The fourth-order valence-electron chi connectivity index (χ4n) is 2.10. The van der Waals surface area contributed by atoms with E-state index < -0.39 is 0 Å². The minimum absolute atomic E-state index is 0.0214. The molecule has 0 amide bonds. The average Bonchev–Trinajstić information content (AvgIpc) is 2.38. The van der Waals surface area contributed by atoms with Crippen LogP contribution in [0.25, 0.3) is 0 Å². The second-order valence-electron chi connectivity index (χ2n) is 4.60. The minimum Gasteiger partial charge on any atom is -0.495 e. The van der Waals surface area contributed by atoms with Crippen LogP contribution in [0, 0.1) is 13.8 Å². The first-order valence-corrected chi connectivity index (χ1v) is 6.08. The first-order valence-electron chi connectivity index (χ1n) is 6.08. The van der Waals surface area contributed by atoms with E-state index in [9.17, 15) is 4.79 Å². The number of nitrogens with two attached hydrogens (primary N) is 1. The van der Waals surface area contributed by atoms with Gasteiger partial charge < -0.3 is 10.5 Å². The number of anilines is 1. The number of methoxy groups -OCH3 is 1. The van der Waals surface area contributed by atoms with E-state index in [1.165, 1.54) is 0 Å². The Morgan fingerprint density at radius 3 is 2.42 bits per heavy atom. The Balaban J connectivity index is 2.41. The predicted octanol–water partition coefficient (Wildman–Crippen LogP) is 3.13. The molecule has 0 aromatic heterocycles. The van der Waals surface area contributed by atoms with Crippen molar-refractivity contribution in [3.63, 3.8) is 0 Å². The maximum Gasteiger partial charge on any atom is 0.193 e. The number of rotatable bonds is 3. The van der Waals surface area contributed by atoms with Crippen molar-refractivity contribution in [1.82, 2.24) is 0 Å². The highest BCUT2D eigenvalue weighted by Crippen LogP contribution is 2.24. The van der Waals surface area contributed by atoms with E-state index in [1.807, 2.05) is 32.0 Å². The average molecular weight is 255 g/mol. The molecule has 0 aliphatic rings. The van der Waals surface area contributed by atoms with Gasteiger partial charge in [-0.15, -0.1) is 0 Å². The summed E-state index contributed by atoms with van der Waals surface area (Å²) in [6.07, 6.45) is 0. The molecule has 0 aliphatic heterocycles. The number of aryl methyl sites for hydroxylation is 2. The summed E-state index contributed by atoms with van der Waals surface area (Å²) in [6.45, 7) is 3.94. The summed E-state index contributed by atoms with van der Waals surface area (Å²) in [6, 6.07) is 10.9. The summed E-state index contributed by atoms with van der Waals surface area (Å²) in [5, 5.41) is 0. The van der Waals surface area contributed by atoms with E-state index in [4.69, 9.17) is 10.5 Å². The predicted molar refractivity (Wildman–Crippen MR) is 76.8 cm³/mol. The van der Waals surface area contributed by atoms with Crippen LogP contribution in [0.3, 0.4) is 0 Å². The first-order chi connectivity index (χ1) is 9.02. The third-order valence-corrected chi connectivity index (χ3v) is 3.12. The Hall–Kier alpha value is -2.29. The lowest BCUT2D eigenvalue weighted by Gasteiger charge is -2.09. The number of carbonyl (C=O) groups is 1. The standard InChI is InChI=1S/C16H17NO2/c1-10-4-6-13(11(2)8-10)16(18)12-5-7-15(19-3)14(17)9-12/h4-9H,17H2,1-3H3. The molecule has 0 saturated heterocycles.